The van der Waals surface area contributed by atoms with E-state index in [1.54, 1.807) is 7.11 Å². The summed E-state index contributed by atoms with van der Waals surface area (Å²) in [5.41, 5.74) is 2.44. The van der Waals surface area contributed by atoms with Crippen LogP contribution in [0.25, 0.3) is 0 Å². The number of aromatic nitrogens is 3. The van der Waals surface area contributed by atoms with Gasteiger partial charge in [-0.15, -0.1) is 0 Å². The van der Waals surface area contributed by atoms with Crippen molar-refractivity contribution < 1.29 is 4.74 Å². The molecule has 1 N–H and O–H groups in total. The Bertz CT molecular complexity index is 753. The van der Waals surface area contributed by atoms with Crippen molar-refractivity contribution in [2.24, 2.45) is 7.05 Å². The highest BCUT2D eigenvalue weighted by Gasteiger charge is 2.17. The van der Waals surface area contributed by atoms with Gasteiger partial charge in [0.05, 0.1) is 13.2 Å². The maximum absolute atomic E-state index is 5.20. The number of aryl methyl sites for hydroxylation is 1. The van der Waals surface area contributed by atoms with Gasteiger partial charge in [-0.2, -0.15) is 0 Å². The zero-order valence-corrected chi connectivity index (χ0v) is 14.0. The lowest BCUT2D eigenvalue weighted by Gasteiger charge is -2.19. The number of imidazole rings is 1. The first kappa shape index (κ1) is 16.2. The van der Waals surface area contributed by atoms with Crippen LogP contribution in [0.1, 0.15) is 23.0 Å². The first-order valence-corrected chi connectivity index (χ1v) is 8.01. The predicted molar refractivity (Wildman–Crippen MR) is 94.0 cm³/mol. The molecule has 0 amide bonds. The molecule has 0 unspecified atom stereocenters. The summed E-state index contributed by atoms with van der Waals surface area (Å²) in [5, 5.41) is 3.61. The molecule has 1 aromatic carbocycles. The van der Waals surface area contributed by atoms with E-state index in [1.165, 1.54) is 5.56 Å². The lowest BCUT2D eigenvalue weighted by molar-refractivity contribution is 0.414. The Morgan fingerprint density at radius 1 is 1.08 bits per heavy atom. The average molecular weight is 322 g/mol. The Morgan fingerprint density at radius 2 is 1.83 bits per heavy atom. The van der Waals surface area contributed by atoms with E-state index in [4.69, 9.17) is 4.74 Å². The number of benzene rings is 1. The average Bonchev–Trinajstić information content (AvgIpc) is 3.06. The molecule has 1 atom stereocenters. The molecule has 0 aliphatic rings. The highest BCUT2D eigenvalue weighted by atomic mass is 16.5. The fourth-order valence-electron chi connectivity index (χ4n) is 2.72. The third-order valence-corrected chi connectivity index (χ3v) is 4.08. The Kier molecular flexibility index (Phi) is 5.23. The van der Waals surface area contributed by atoms with Crippen molar-refractivity contribution in [3.8, 4) is 5.75 Å². The van der Waals surface area contributed by atoms with Gasteiger partial charge in [0, 0.05) is 38.4 Å². The van der Waals surface area contributed by atoms with Gasteiger partial charge in [0.1, 0.15) is 11.6 Å². The van der Waals surface area contributed by atoms with Gasteiger partial charge in [-0.05, 0) is 41.8 Å². The molecule has 3 aromatic rings. The molecular weight excluding hydrogens is 300 g/mol. The third kappa shape index (κ3) is 3.81. The van der Waals surface area contributed by atoms with E-state index in [0.717, 1.165) is 30.1 Å². The van der Waals surface area contributed by atoms with Crippen LogP contribution in [-0.4, -0.2) is 28.2 Å². The quantitative estimate of drug-likeness (QED) is 0.727. The number of hydrogen-bond donors (Lipinski definition) is 1. The molecule has 5 nitrogen and oxygen atoms in total. The van der Waals surface area contributed by atoms with Crippen molar-refractivity contribution >= 4 is 0 Å². The van der Waals surface area contributed by atoms with Crippen molar-refractivity contribution in [1.82, 2.24) is 19.9 Å². The monoisotopic (exact) mass is 322 g/mol. The summed E-state index contributed by atoms with van der Waals surface area (Å²) in [6.45, 7) is 0.853. The van der Waals surface area contributed by atoms with E-state index in [-0.39, 0.29) is 6.04 Å². The molecule has 0 radical (unpaired) electrons. The minimum Gasteiger partial charge on any atom is -0.497 e. The minimum atomic E-state index is 0.0475. The lowest BCUT2D eigenvalue weighted by atomic mass is 10.1. The molecule has 2 heterocycles. The largest absolute Gasteiger partial charge is 0.497 e. The lowest BCUT2D eigenvalue weighted by Crippen LogP contribution is -2.27. The third-order valence-electron chi connectivity index (χ3n) is 4.08. The SMILES string of the molecule is COc1ccc(CCN[C@@H](c2ccncc2)c2nccn2C)cc1. The van der Waals surface area contributed by atoms with Crippen LogP contribution in [0, 0.1) is 0 Å². The van der Waals surface area contributed by atoms with Gasteiger partial charge in [0.25, 0.3) is 0 Å². The molecule has 0 fully saturated rings. The predicted octanol–water partition coefficient (Wildman–Crippen LogP) is 2.75. The highest BCUT2D eigenvalue weighted by Crippen LogP contribution is 2.19. The molecule has 3 rings (SSSR count). The molecule has 0 aliphatic carbocycles. The van der Waals surface area contributed by atoms with Gasteiger partial charge in [-0.1, -0.05) is 12.1 Å². The van der Waals surface area contributed by atoms with Crippen LogP contribution in [0.3, 0.4) is 0 Å². The summed E-state index contributed by atoms with van der Waals surface area (Å²) in [4.78, 5) is 8.61. The number of rotatable bonds is 7. The smallest absolute Gasteiger partial charge is 0.130 e. The molecule has 5 heteroatoms. The Morgan fingerprint density at radius 3 is 2.46 bits per heavy atom. The summed E-state index contributed by atoms with van der Waals surface area (Å²) < 4.78 is 7.25. The van der Waals surface area contributed by atoms with Gasteiger partial charge in [0.2, 0.25) is 0 Å². The summed E-state index contributed by atoms with van der Waals surface area (Å²) >= 11 is 0. The van der Waals surface area contributed by atoms with E-state index in [2.05, 4.69) is 27.4 Å². The summed E-state index contributed by atoms with van der Waals surface area (Å²) in [5.74, 6) is 1.88. The summed E-state index contributed by atoms with van der Waals surface area (Å²) in [6.07, 6.45) is 8.37. The van der Waals surface area contributed by atoms with Crippen molar-refractivity contribution in [3.05, 3.63) is 78.1 Å². The van der Waals surface area contributed by atoms with Gasteiger partial charge in [-0.3, -0.25) is 4.98 Å². The van der Waals surface area contributed by atoms with Crippen molar-refractivity contribution in [2.75, 3.05) is 13.7 Å². The topological polar surface area (TPSA) is 52.0 Å². The van der Waals surface area contributed by atoms with Crippen LogP contribution in [0.4, 0.5) is 0 Å². The van der Waals surface area contributed by atoms with Crippen molar-refractivity contribution in [1.29, 1.82) is 0 Å². The summed E-state index contributed by atoms with van der Waals surface area (Å²) in [6, 6.07) is 12.3. The van der Waals surface area contributed by atoms with Gasteiger partial charge < -0.3 is 14.6 Å². The van der Waals surface area contributed by atoms with Crippen LogP contribution in [0.15, 0.2) is 61.2 Å². The second-order valence-corrected chi connectivity index (χ2v) is 5.66. The number of methoxy groups -OCH3 is 1. The van der Waals surface area contributed by atoms with Crippen LogP contribution in [-0.2, 0) is 13.5 Å². The molecule has 0 saturated carbocycles. The van der Waals surface area contributed by atoms with Crippen LogP contribution in [0.2, 0.25) is 0 Å². The van der Waals surface area contributed by atoms with Crippen LogP contribution in [0.5, 0.6) is 5.75 Å². The van der Waals surface area contributed by atoms with Crippen molar-refractivity contribution in [2.45, 2.75) is 12.5 Å². The van der Waals surface area contributed by atoms with Gasteiger partial charge >= 0.3 is 0 Å². The fourth-order valence-corrected chi connectivity index (χ4v) is 2.72. The van der Waals surface area contributed by atoms with E-state index in [1.807, 2.05) is 60.7 Å². The van der Waals surface area contributed by atoms with E-state index in [0.29, 0.717) is 0 Å². The second-order valence-electron chi connectivity index (χ2n) is 5.66. The molecule has 0 bridgehead atoms. The van der Waals surface area contributed by atoms with E-state index in [9.17, 15) is 0 Å². The molecule has 24 heavy (non-hydrogen) atoms. The fraction of sp³-hybridized carbons (Fsp3) is 0.263. The van der Waals surface area contributed by atoms with E-state index < -0.39 is 0 Å². The number of pyridine rings is 1. The van der Waals surface area contributed by atoms with Gasteiger partial charge in [-0.25, -0.2) is 4.98 Å². The minimum absolute atomic E-state index is 0.0475. The number of ether oxygens (including phenoxy) is 1. The zero-order chi connectivity index (χ0) is 16.8. The standard InChI is InChI=1S/C19H22N4O/c1-23-14-13-22-19(23)18(16-8-10-20-11-9-16)21-12-7-15-3-5-17(24-2)6-4-15/h3-6,8-11,13-14,18,21H,7,12H2,1-2H3/t18-/m0/s1. The van der Waals surface area contributed by atoms with E-state index >= 15 is 0 Å². The summed E-state index contributed by atoms with van der Waals surface area (Å²) in [7, 11) is 3.70. The maximum atomic E-state index is 5.20. The normalized spacial score (nSPS) is 12.1. The van der Waals surface area contributed by atoms with Gasteiger partial charge in [0.15, 0.2) is 0 Å². The first-order valence-electron chi connectivity index (χ1n) is 8.01. The van der Waals surface area contributed by atoms with Crippen LogP contribution >= 0.6 is 0 Å². The first-order chi connectivity index (χ1) is 11.8. The Hall–Kier alpha value is -2.66. The number of nitrogens with one attached hydrogen (secondary N) is 1. The Balaban J connectivity index is 1.69. The molecular formula is C19H22N4O. The van der Waals surface area contributed by atoms with Crippen LogP contribution < -0.4 is 10.1 Å². The second kappa shape index (κ2) is 7.75. The molecule has 2 aromatic heterocycles. The molecule has 0 saturated heterocycles. The van der Waals surface area contributed by atoms with Crippen molar-refractivity contribution in [3.63, 3.8) is 0 Å². The molecule has 0 spiro atoms. The zero-order valence-electron chi connectivity index (χ0n) is 14.0. The Labute approximate surface area is 142 Å². The number of nitrogens with zero attached hydrogens (tertiary/aromatic N) is 3. The molecule has 0 aliphatic heterocycles. The maximum Gasteiger partial charge on any atom is 0.130 e. The molecule has 124 valence electrons. The highest BCUT2D eigenvalue weighted by molar-refractivity contribution is 5.27. The number of hydrogen-bond acceptors (Lipinski definition) is 4.